The van der Waals surface area contributed by atoms with Gasteiger partial charge in [-0.1, -0.05) is 53.6 Å². The van der Waals surface area contributed by atoms with Crippen LogP contribution < -0.4 is 5.32 Å². The van der Waals surface area contributed by atoms with E-state index in [0.29, 0.717) is 18.0 Å². The maximum absolute atomic E-state index is 11.7. The number of hydrogen-bond donors (Lipinski definition) is 1. The molecular weight excluding hydrogens is 338 g/mol. The summed E-state index contributed by atoms with van der Waals surface area (Å²) >= 11 is 5.82. The molecule has 25 heavy (non-hydrogen) atoms. The summed E-state index contributed by atoms with van der Waals surface area (Å²) in [5.41, 5.74) is 3.09. The first-order valence-electron chi connectivity index (χ1n) is 7.95. The molecule has 2 rings (SSSR count). The molecule has 0 spiro atoms. The fraction of sp³-hybridized carbons (Fsp3) is 0.200. The number of hydrogen-bond acceptors (Lipinski definition) is 3. The molecule has 2 aromatic rings. The Morgan fingerprint density at radius 2 is 1.92 bits per heavy atom. The SMILES string of the molecule is Cc1cccc(/C=C/C(=O)OCC(=O)NCCc2ccc(Cl)cc2)c1. The first-order valence-corrected chi connectivity index (χ1v) is 8.33. The van der Waals surface area contributed by atoms with Gasteiger partial charge in [-0.25, -0.2) is 4.79 Å². The third-order valence-corrected chi connectivity index (χ3v) is 3.70. The Labute approximate surface area is 152 Å². The average Bonchev–Trinajstić information content (AvgIpc) is 2.60. The molecule has 0 saturated carbocycles. The van der Waals surface area contributed by atoms with Crippen LogP contribution in [0.1, 0.15) is 16.7 Å². The molecule has 1 N–H and O–H groups in total. The number of esters is 1. The zero-order chi connectivity index (χ0) is 18.1. The van der Waals surface area contributed by atoms with Gasteiger partial charge in [0.25, 0.3) is 5.91 Å². The number of amides is 1. The van der Waals surface area contributed by atoms with Crippen molar-refractivity contribution in [1.82, 2.24) is 5.32 Å². The predicted molar refractivity (Wildman–Crippen MR) is 99.3 cm³/mol. The van der Waals surface area contributed by atoms with Crippen LogP contribution >= 0.6 is 11.6 Å². The number of ether oxygens (including phenoxy) is 1. The van der Waals surface area contributed by atoms with Gasteiger partial charge in [0, 0.05) is 17.6 Å². The van der Waals surface area contributed by atoms with Gasteiger partial charge in [0.2, 0.25) is 0 Å². The first-order chi connectivity index (χ1) is 12.0. The van der Waals surface area contributed by atoms with Crippen LogP contribution in [0.25, 0.3) is 6.08 Å². The Morgan fingerprint density at radius 1 is 1.16 bits per heavy atom. The normalized spacial score (nSPS) is 10.6. The summed E-state index contributed by atoms with van der Waals surface area (Å²) in [6.07, 6.45) is 3.66. The molecule has 0 fully saturated rings. The number of benzene rings is 2. The third-order valence-electron chi connectivity index (χ3n) is 3.45. The lowest BCUT2D eigenvalue weighted by Gasteiger charge is -2.05. The maximum Gasteiger partial charge on any atom is 0.331 e. The standard InChI is InChI=1S/C20H20ClNO3/c1-15-3-2-4-17(13-15)7-10-20(24)25-14-19(23)22-12-11-16-5-8-18(21)9-6-16/h2-10,13H,11-12,14H2,1H3,(H,22,23)/b10-7+. The van der Waals surface area contributed by atoms with Crippen LogP contribution in [-0.2, 0) is 20.7 Å². The fourth-order valence-corrected chi connectivity index (χ4v) is 2.30. The number of nitrogens with one attached hydrogen (secondary N) is 1. The summed E-state index contributed by atoms with van der Waals surface area (Å²) < 4.78 is 4.92. The molecule has 0 unspecified atom stereocenters. The smallest absolute Gasteiger partial charge is 0.331 e. The van der Waals surface area contributed by atoms with Gasteiger partial charge < -0.3 is 10.1 Å². The highest BCUT2D eigenvalue weighted by molar-refractivity contribution is 6.30. The molecule has 5 heteroatoms. The second-order valence-electron chi connectivity index (χ2n) is 5.58. The van der Waals surface area contributed by atoms with E-state index in [0.717, 1.165) is 16.7 Å². The molecule has 0 atom stereocenters. The summed E-state index contributed by atoms with van der Waals surface area (Å²) in [5, 5.41) is 3.39. The number of carbonyl (C=O) groups is 2. The van der Waals surface area contributed by atoms with Crippen molar-refractivity contribution >= 4 is 29.6 Å². The first kappa shape index (κ1) is 18.7. The number of halogens is 1. The molecule has 130 valence electrons. The third kappa shape index (κ3) is 7.23. The Bertz CT molecular complexity index is 754. The summed E-state index contributed by atoms with van der Waals surface area (Å²) in [4.78, 5) is 23.3. The molecule has 0 bridgehead atoms. The monoisotopic (exact) mass is 357 g/mol. The zero-order valence-corrected chi connectivity index (χ0v) is 14.8. The largest absolute Gasteiger partial charge is 0.452 e. The fourth-order valence-electron chi connectivity index (χ4n) is 2.17. The minimum Gasteiger partial charge on any atom is -0.452 e. The van der Waals surface area contributed by atoms with E-state index in [-0.39, 0.29) is 12.5 Å². The van der Waals surface area contributed by atoms with E-state index >= 15 is 0 Å². The molecule has 0 aromatic heterocycles. The van der Waals surface area contributed by atoms with Crippen molar-refractivity contribution in [3.63, 3.8) is 0 Å². The van der Waals surface area contributed by atoms with Crippen molar-refractivity contribution in [3.8, 4) is 0 Å². The minimum absolute atomic E-state index is 0.294. The van der Waals surface area contributed by atoms with Gasteiger partial charge in [-0.2, -0.15) is 0 Å². The van der Waals surface area contributed by atoms with Crippen LogP contribution in [0.5, 0.6) is 0 Å². The second kappa shape index (κ2) is 9.64. The molecule has 4 nitrogen and oxygen atoms in total. The van der Waals surface area contributed by atoms with Crippen LogP contribution in [0.2, 0.25) is 5.02 Å². The van der Waals surface area contributed by atoms with Gasteiger partial charge in [-0.05, 0) is 42.7 Å². The number of rotatable bonds is 7. The van der Waals surface area contributed by atoms with Crippen molar-refractivity contribution in [1.29, 1.82) is 0 Å². The van der Waals surface area contributed by atoms with E-state index in [1.54, 1.807) is 18.2 Å². The van der Waals surface area contributed by atoms with Crippen molar-refractivity contribution in [2.45, 2.75) is 13.3 Å². The Kier molecular flexibility index (Phi) is 7.23. The van der Waals surface area contributed by atoms with Crippen molar-refractivity contribution in [2.75, 3.05) is 13.2 Å². The van der Waals surface area contributed by atoms with E-state index in [1.165, 1.54) is 6.08 Å². The lowest BCUT2D eigenvalue weighted by molar-refractivity contribution is -0.143. The summed E-state index contributed by atoms with van der Waals surface area (Å²) in [7, 11) is 0. The Balaban J connectivity index is 1.67. The molecule has 0 aliphatic rings. The van der Waals surface area contributed by atoms with Crippen LogP contribution in [0.15, 0.2) is 54.6 Å². The van der Waals surface area contributed by atoms with Crippen LogP contribution in [-0.4, -0.2) is 25.0 Å². The predicted octanol–water partition coefficient (Wildman–Crippen LogP) is 3.56. The molecule has 0 aliphatic carbocycles. The zero-order valence-electron chi connectivity index (χ0n) is 14.0. The molecular formula is C20H20ClNO3. The minimum atomic E-state index is -0.547. The maximum atomic E-state index is 11.7. The number of carbonyl (C=O) groups excluding carboxylic acids is 2. The van der Waals surface area contributed by atoms with E-state index in [9.17, 15) is 9.59 Å². The van der Waals surface area contributed by atoms with Crippen molar-refractivity contribution < 1.29 is 14.3 Å². The molecule has 0 heterocycles. The Morgan fingerprint density at radius 3 is 2.64 bits per heavy atom. The molecule has 0 radical (unpaired) electrons. The van der Waals surface area contributed by atoms with E-state index in [2.05, 4.69) is 5.32 Å². The van der Waals surface area contributed by atoms with Gasteiger partial charge in [0.1, 0.15) is 0 Å². The number of aryl methyl sites for hydroxylation is 1. The second-order valence-corrected chi connectivity index (χ2v) is 6.02. The van der Waals surface area contributed by atoms with Gasteiger partial charge in [0.05, 0.1) is 0 Å². The van der Waals surface area contributed by atoms with Crippen LogP contribution in [0, 0.1) is 6.92 Å². The topological polar surface area (TPSA) is 55.4 Å². The molecule has 1 amide bonds. The van der Waals surface area contributed by atoms with Crippen LogP contribution in [0.3, 0.4) is 0 Å². The van der Waals surface area contributed by atoms with E-state index in [4.69, 9.17) is 16.3 Å². The summed E-state index contributed by atoms with van der Waals surface area (Å²) in [6, 6.07) is 15.2. The molecule has 0 aliphatic heterocycles. The van der Waals surface area contributed by atoms with Crippen LogP contribution in [0.4, 0.5) is 0 Å². The lowest BCUT2D eigenvalue weighted by Crippen LogP contribution is -2.30. The lowest BCUT2D eigenvalue weighted by atomic mass is 10.1. The molecule has 2 aromatic carbocycles. The van der Waals surface area contributed by atoms with Crippen molar-refractivity contribution in [3.05, 3.63) is 76.3 Å². The van der Waals surface area contributed by atoms with Gasteiger partial charge >= 0.3 is 5.97 Å². The summed E-state index contributed by atoms with van der Waals surface area (Å²) in [5.74, 6) is -0.874. The van der Waals surface area contributed by atoms with E-state index in [1.807, 2.05) is 43.3 Å². The Hall–Kier alpha value is -2.59. The summed E-state index contributed by atoms with van der Waals surface area (Å²) in [6.45, 7) is 2.15. The van der Waals surface area contributed by atoms with Gasteiger partial charge in [-0.15, -0.1) is 0 Å². The highest BCUT2D eigenvalue weighted by Gasteiger charge is 2.04. The van der Waals surface area contributed by atoms with Gasteiger partial charge in [-0.3, -0.25) is 4.79 Å². The van der Waals surface area contributed by atoms with Crippen molar-refractivity contribution in [2.24, 2.45) is 0 Å². The molecule has 0 saturated heterocycles. The van der Waals surface area contributed by atoms with Gasteiger partial charge in [0.15, 0.2) is 6.61 Å². The quantitative estimate of drug-likeness (QED) is 0.609. The van der Waals surface area contributed by atoms with E-state index < -0.39 is 5.97 Å². The average molecular weight is 358 g/mol. The highest BCUT2D eigenvalue weighted by Crippen LogP contribution is 2.09. The highest BCUT2D eigenvalue weighted by atomic mass is 35.5.